The summed E-state index contributed by atoms with van der Waals surface area (Å²) in [5.41, 5.74) is 2.08. The summed E-state index contributed by atoms with van der Waals surface area (Å²) >= 11 is 1.68. The Morgan fingerprint density at radius 1 is 1.38 bits per heavy atom. The number of aromatic nitrogens is 2. The number of aliphatic imine (C=N–C) groups is 1. The van der Waals surface area contributed by atoms with Crippen LogP contribution in [-0.2, 0) is 13.0 Å². The molecule has 0 bridgehead atoms. The van der Waals surface area contributed by atoms with E-state index in [0.717, 1.165) is 47.6 Å². The fraction of sp³-hybridized carbons (Fsp3) is 0.562. The minimum absolute atomic E-state index is 0. The second kappa shape index (κ2) is 10.7. The van der Waals surface area contributed by atoms with Gasteiger partial charge in [0, 0.05) is 31.0 Å². The van der Waals surface area contributed by atoms with Crippen LogP contribution in [0.1, 0.15) is 48.8 Å². The molecule has 0 aliphatic rings. The predicted octanol–water partition coefficient (Wildman–Crippen LogP) is 3.48. The van der Waals surface area contributed by atoms with Gasteiger partial charge >= 0.3 is 0 Å². The number of rotatable bonds is 7. The van der Waals surface area contributed by atoms with E-state index in [-0.39, 0.29) is 24.0 Å². The summed E-state index contributed by atoms with van der Waals surface area (Å²) in [5.74, 6) is 1.92. The van der Waals surface area contributed by atoms with Gasteiger partial charge < -0.3 is 15.2 Å². The van der Waals surface area contributed by atoms with Crippen LogP contribution in [0, 0.1) is 6.92 Å². The molecule has 0 saturated heterocycles. The van der Waals surface area contributed by atoms with Crippen molar-refractivity contribution in [3.05, 3.63) is 33.6 Å². The lowest BCUT2D eigenvalue weighted by molar-refractivity contribution is 0.376. The fourth-order valence-electron chi connectivity index (χ4n) is 2.01. The van der Waals surface area contributed by atoms with Gasteiger partial charge in [0.15, 0.2) is 11.7 Å². The zero-order valence-corrected chi connectivity index (χ0v) is 17.8. The SMILES string of the molecule is CCNC(=NCc1cc(C(C)C)no1)NCCc1csc(C)n1.I. The van der Waals surface area contributed by atoms with Crippen molar-refractivity contribution in [2.24, 2.45) is 4.99 Å². The molecule has 24 heavy (non-hydrogen) atoms. The number of hydrogen-bond donors (Lipinski definition) is 2. The van der Waals surface area contributed by atoms with Gasteiger partial charge in [-0.1, -0.05) is 19.0 Å². The molecule has 6 nitrogen and oxygen atoms in total. The predicted molar refractivity (Wildman–Crippen MR) is 109 cm³/mol. The van der Waals surface area contributed by atoms with Gasteiger partial charge in [-0.15, -0.1) is 35.3 Å². The third-order valence-corrected chi connectivity index (χ3v) is 4.07. The molecule has 0 aliphatic heterocycles. The Bertz CT molecular complexity index is 638. The van der Waals surface area contributed by atoms with Gasteiger partial charge in [-0.2, -0.15) is 0 Å². The van der Waals surface area contributed by atoms with Crippen LogP contribution in [0.4, 0.5) is 0 Å². The largest absolute Gasteiger partial charge is 0.359 e. The Morgan fingerprint density at radius 2 is 2.17 bits per heavy atom. The van der Waals surface area contributed by atoms with Crippen LogP contribution < -0.4 is 10.6 Å². The molecule has 0 aromatic carbocycles. The van der Waals surface area contributed by atoms with Crippen molar-refractivity contribution >= 4 is 41.3 Å². The van der Waals surface area contributed by atoms with Crippen molar-refractivity contribution in [1.29, 1.82) is 0 Å². The maximum Gasteiger partial charge on any atom is 0.191 e. The van der Waals surface area contributed by atoms with E-state index in [1.807, 2.05) is 19.9 Å². The molecule has 2 aromatic rings. The molecule has 0 fully saturated rings. The fourth-order valence-corrected chi connectivity index (χ4v) is 2.65. The topological polar surface area (TPSA) is 75.3 Å². The Morgan fingerprint density at radius 3 is 2.75 bits per heavy atom. The van der Waals surface area contributed by atoms with E-state index < -0.39 is 0 Å². The molecule has 0 atom stereocenters. The summed E-state index contributed by atoms with van der Waals surface area (Å²) in [5, 5.41) is 13.8. The highest BCUT2D eigenvalue weighted by atomic mass is 127. The van der Waals surface area contributed by atoms with E-state index in [1.54, 1.807) is 11.3 Å². The van der Waals surface area contributed by atoms with Crippen LogP contribution in [-0.4, -0.2) is 29.2 Å². The molecule has 0 unspecified atom stereocenters. The highest BCUT2D eigenvalue weighted by Gasteiger charge is 2.07. The third-order valence-electron chi connectivity index (χ3n) is 3.25. The molecule has 2 aromatic heterocycles. The number of nitrogens with one attached hydrogen (secondary N) is 2. The van der Waals surface area contributed by atoms with E-state index in [2.05, 4.69) is 45.0 Å². The first-order valence-corrected chi connectivity index (χ1v) is 8.85. The quantitative estimate of drug-likeness (QED) is 0.374. The molecule has 134 valence electrons. The monoisotopic (exact) mass is 463 g/mol. The lowest BCUT2D eigenvalue weighted by Crippen LogP contribution is -2.38. The molecule has 2 N–H and O–H groups in total. The number of guanidine groups is 1. The Balaban J connectivity index is 0.00000288. The number of aryl methyl sites for hydroxylation is 1. The van der Waals surface area contributed by atoms with E-state index >= 15 is 0 Å². The van der Waals surface area contributed by atoms with Gasteiger partial charge in [-0.25, -0.2) is 9.98 Å². The second-order valence-electron chi connectivity index (χ2n) is 5.60. The highest BCUT2D eigenvalue weighted by molar-refractivity contribution is 14.0. The minimum Gasteiger partial charge on any atom is -0.359 e. The third kappa shape index (κ3) is 6.76. The van der Waals surface area contributed by atoms with Crippen LogP contribution in [0.2, 0.25) is 0 Å². The van der Waals surface area contributed by atoms with Gasteiger partial charge in [-0.3, -0.25) is 0 Å². The molecule has 0 spiro atoms. The van der Waals surface area contributed by atoms with Gasteiger partial charge in [0.2, 0.25) is 0 Å². The molecule has 0 aliphatic carbocycles. The smallest absolute Gasteiger partial charge is 0.191 e. The van der Waals surface area contributed by atoms with Crippen molar-refractivity contribution in [1.82, 2.24) is 20.8 Å². The maximum atomic E-state index is 5.31. The first-order valence-electron chi connectivity index (χ1n) is 7.97. The molecule has 0 saturated carbocycles. The first-order chi connectivity index (χ1) is 11.1. The summed E-state index contributed by atoms with van der Waals surface area (Å²) in [6.45, 7) is 10.3. The van der Waals surface area contributed by atoms with E-state index in [4.69, 9.17) is 4.52 Å². The van der Waals surface area contributed by atoms with Gasteiger partial charge in [0.05, 0.1) is 16.4 Å². The molecule has 2 heterocycles. The van der Waals surface area contributed by atoms with E-state index in [9.17, 15) is 0 Å². The van der Waals surface area contributed by atoms with Crippen LogP contribution in [0.5, 0.6) is 0 Å². The molecular weight excluding hydrogens is 437 g/mol. The maximum absolute atomic E-state index is 5.31. The zero-order valence-electron chi connectivity index (χ0n) is 14.6. The minimum atomic E-state index is 0. The van der Waals surface area contributed by atoms with Crippen molar-refractivity contribution in [3.63, 3.8) is 0 Å². The van der Waals surface area contributed by atoms with E-state index in [1.165, 1.54) is 0 Å². The summed E-state index contributed by atoms with van der Waals surface area (Å²) in [6, 6.07) is 1.97. The number of halogens is 1. The highest BCUT2D eigenvalue weighted by Crippen LogP contribution is 2.14. The van der Waals surface area contributed by atoms with Gasteiger partial charge in [-0.05, 0) is 19.8 Å². The first kappa shape index (κ1) is 20.9. The second-order valence-corrected chi connectivity index (χ2v) is 6.66. The van der Waals surface area contributed by atoms with Crippen LogP contribution in [0.25, 0.3) is 0 Å². The van der Waals surface area contributed by atoms with Crippen molar-refractivity contribution in [2.75, 3.05) is 13.1 Å². The summed E-state index contributed by atoms with van der Waals surface area (Å²) < 4.78 is 5.31. The van der Waals surface area contributed by atoms with Crippen molar-refractivity contribution in [3.8, 4) is 0 Å². The number of hydrogen-bond acceptors (Lipinski definition) is 5. The van der Waals surface area contributed by atoms with Gasteiger partial charge in [0.25, 0.3) is 0 Å². The summed E-state index contributed by atoms with van der Waals surface area (Å²) in [7, 11) is 0. The summed E-state index contributed by atoms with van der Waals surface area (Å²) in [4.78, 5) is 9.00. The molecule has 8 heteroatoms. The van der Waals surface area contributed by atoms with Crippen LogP contribution >= 0.6 is 35.3 Å². The van der Waals surface area contributed by atoms with Gasteiger partial charge in [0.1, 0.15) is 6.54 Å². The lowest BCUT2D eigenvalue weighted by Gasteiger charge is -2.10. The van der Waals surface area contributed by atoms with Crippen molar-refractivity contribution in [2.45, 2.75) is 46.6 Å². The molecule has 0 amide bonds. The summed E-state index contributed by atoms with van der Waals surface area (Å²) in [6.07, 6.45) is 0.883. The zero-order chi connectivity index (χ0) is 16.7. The Labute approximate surface area is 164 Å². The number of thiazole rings is 1. The van der Waals surface area contributed by atoms with Crippen LogP contribution in [0.3, 0.4) is 0 Å². The molecular formula is C16H26IN5OS. The standard InChI is InChI=1S/C16H25N5OS.HI/c1-5-17-16(18-7-6-13-10-23-12(4)20-13)19-9-14-8-15(11(2)3)21-22-14;/h8,10-11H,5-7,9H2,1-4H3,(H2,17,18,19);1H. The average Bonchev–Trinajstić information content (AvgIpc) is 3.14. The number of nitrogens with zero attached hydrogens (tertiary/aromatic N) is 3. The normalized spacial score (nSPS) is 11.5. The average molecular weight is 463 g/mol. The van der Waals surface area contributed by atoms with Crippen molar-refractivity contribution < 1.29 is 4.52 Å². The molecule has 0 radical (unpaired) electrons. The molecule has 2 rings (SSSR count). The van der Waals surface area contributed by atoms with E-state index in [0.29, 0.717) is 12.5 Å². The Kier molecular flexibility index (Phi) is 9.27. The van der Waals surface area contributed by atoms with Crippen LogP contribution in [0.15, 0.2) is 21.0 Å². The Hall–Kier alpha value is -1.16. The lowest BCUT2D eigenvalue weighted by atomic mass is 10.1.